The lowest BCUT2D eigenvalue weighted by molar-refractivity contribution is 1.58. The first-order valence-electron chi connectivity index (χ1n) is 18.8. The molecule has 0 heteroatoms. The summed E-state index contributed by atoms with van der Waals surface area (Å²) in [6.45, 7) is 0. The predicted octanol–water partition coefficient (Wildman–Crippen LogP) is 15.3. The molecule has 0 N–H and O–H groups in total. The van der Waals surface area contributed by atoms with Crippen molar-refractivity contribution < 1.29 is 0 Å². The van der Waals surface area contributed by atoms with E-state index in [0.717, 1.165) is 0 Å². The number of benzene rings is 12. The Kier molecular flexibility index (Phi) is 6.15. The fourth-order valence-electron chi connectivity index (χ4n) is 9.62. The Balaban J connectivity index is 1.16. The van der Waals surface area contributed by atoms with Crippen LogP contribution in [0.15, 0.2) is 194 Å². The Bertz CT molecular complexity index is 3390. The first-order valence-corrected chi connectivity index (χ1v) is 18.8. The van der Waals surface area contributed by atoms with Crippen molar-refractivity contribution in [2.75, 3.05) is 0 Å². The van der Waals surface area contributed by atoms with E-state index in [4.69, 9.17) is 0 Å². The summed E-state index contributed by atoms with van der Waals surface area (Å²) >= 11 is 0. The molecular formula is C54H32. The van der Waals surface area contributed by atoms with Crippen LogP contribution in [0, 0.1) is 0 Å². The van der Waals surface area contributed by atoms with Crippen LogP contribution in [0.25, 0.3) is 120 Å². The molecule has 0 heterocycles. The highest BCUT2D eigenvalue weighted by molar-refractivity contribution is 6.28. The predicted molar refractivity (Wildman–Crippen MR) is 233 cm³/mol. The van der Waals surface area contributed by atoms with Crippen LogP contribution in [0.2, 0.25) is 0 Å². The molecule has 12 aromatic carbocycles. The van der Waals surface area contributed by atoms with Gasteiger partial charge in [0.25, 0.3) is 0 Å². The van der Waals surface area contributed by atoms with E-state index in [2.05, 4.69) is 194 Å². The Hall–Kier alpha value is -7.02. The third kappa shape index (κ3) is 4.14. The Morgan fingerprint density at radius 2 is 0.574 bits per heavy atom. The van der Waals surface area contributed by atoms with Gasteiger partial charge in [-0.05, 0) is 120 Å². The molecule has 0 aromatic heterocycles. The Morgan fingerprint density at radius 1 is 0.185 bits per heavy atom. The van der Waals surface area contributed by atoms with Crippen LogP contribution in [0.1, 0.15) is 0 Å². The molecule has 12 aromatic rings. The lowest BCUT2D eigenvalue weighted by atomic mass is 9.82. The van der Waals surface area contributed by atoms with E-state index in [1.807, 2.05) is 0 Å². The molecule has 0 bridgehead atoms. The summed E-state index contributed by atoms with van der Waals surface area (Å²) in [6, 6.07) is 72.5. The lowest BCUT2D eigenvalue weighted by Crippen LogP contribution is -1.94. The highest BCUT2D eigenvalue weighted by Gasteiger charge is 2.21. The van der Waals surface area contributed by atoms with Crippen molar-refractivity contribution in [1.82, 2.24) is 0 Å². The highest BCUT2D eigenvalue weighted by Crippen LogP contribution is 2.48. The van der Waals surface area contributed by atoms with E-state index in [1.165, 1.54) is 120 Å². The molecule has 0 nitrogen and oxygen atoms in total. The molecule has 54 heavy (non-hydrogen) atoms. The number of hydrogen-bond donors (Lipinski definition) is 0. The summed E-state index contributed by atoms with van der Waals surface area (Å²) < 4.78 is 0. The van der Waals surface area contributed by atoms with Gasteiger partial charge in [-0.1, -0.05) is 194 Å². The van der Waals surface area contributed by atoms with Crippen LogP contribution >= 0.6 is 0 Å². The van der Waals surface area contributed by atoms with E-state index in [9.17, 15) is 0 Å². The zero-order valence-electron chi connectivity index (χ0n) is 29.5. The number of fused-ring (bicyclic) bond motifs is 1. The van der Waals surface area contributed by atoms with Crippen molar-refractivity contribution in [2.45, 2.75) is 0 Å². The van der Waals surface area contributed by atoms with Gasteiger partial charge in [0.05, 0.1) is 0 Å². The second-order valence-corrected chi connectivity index (χ2v) is 14.7. The fourth-order valence-corrected chi connectivity index (χ4v) is 9.62. The van der Waals surface area contributed by atoms with Gasteiger partial charge in [-0.3, -0.25) is 0 Å². The Morgan fingerprint density at radius 3 is 1.17 bits per heavy atom. The van der Waals surface area contributed by atoms with Gasteiger partial charge in [0, 0.05) is 0 Å². The quantitative estimate of drug-likeness (QED) is 0.162. The molecule has 0 atom stereocenters. The monoisotopic (exact) mass is 680 g/mol. The molecule has 0 aliphatic carbocycles. The van der Waals surface area contributed by atoms with Gasteiger partial charge < -0.3 is 0 Å². The maximum Gasteiger partial charge on any atom is -0.00204 e. The van der Waals surface area contributed by atoms with E-state index in [0.29, 0.717) is 0 Å². The molecule has 0 amide bonds. The standard InChI is InChI=1S/C54H32/c1-2-9-33(10-3-1)40-17-8-18-46(45-28-24-39-22-20-35-12-7-14-37-26-30-48(45)53(39)51(35)37)54(40)49-32-31-43(41-15-4-5-16-42(41)49)44-27-23-38-21-19-34-11-6-13-36-25-29-47(44)52(38)50(34)36/h1-32H. The summed E-state index contributed by atoms with van der Waals surface area (Å²) in [5.41, 5.74) is 9.99. The van der Waals surface area contributed by atoms with Crippen molar-refractivity contribution in [2.24, 2.45) is 0 Å². The minimum absolute atomic E-state index is 1.21. The van der Waals surface area contributed by atoms with E-state index in [-0.39, 0.29) is 0 Å². The first-order chi connectivity index (χ1) is 26.8. The van der Waals surface area contributed by atoms with Crippen LogP contribution in [-0.2, 0) is 0 Å². The summed E-state index contributed by atoms with van der Waals surface area (Å²) in [5, 5.41) is 18.2. The van der Waals surface area contributed by atoms with E-state index >= 15 is 0 Å². The minimum Gasteiger partial charge on any atom is -0.0622 e. The summed E-state index contributed by atoms with van der Waals surface area (Å²) in [4.78, 5) is 0. The van der Waals surface area contributed by atoms with Crippen LogP contribution in [0.5, 0.6) is 0 Å². The molecular weight excluding hydrogens is 649 g/mol. The normalized spacial score (nSPS) is 12.1. The average molecular weight is 681 g/mol. The maximum atomic E-state index is 2.39. The van der Waals surface area contributed by atoms with Gasteiger partial charge in [-0.25, -0.2) is 0 Å². The van der Waals surface area contributed by atoms with Crippen molar-refractivity contribution in [1.29, 1.82) is 0 Å². The van der Waals surface area contributed by atoms with E-state index in [1.54, 1.807) is 0 Å². The van der Waals surface area contributed by atoms with Crippen LogP contribution in [0.4, 0.5) is 0 Å². The maximum absolute atomic E-state index is 2.39. The van der Waals surface area contributed by atoms with Crippen LogP contribution in [-0.4, -0.2) is 0 Å². The SMILES string of the molecule is c1ccc(-c2cccc(-c3ccc4ccc5cccc6ccc3c4c56)c2-c2ccc(-c3ccc4ccc5cccc6ccc3c4c56)c3ccccc23)cc1. The van der Waals surface area contributed by atoms with Gasteiger partial charge in [-0.15, -0.1) is 0 Å². The van der Waals surface area contributed by atoms with Crippen molar-refractivity contribution in [3.63, 3.8) is 0 Å². The topological polar surface area (TPSA) is 0 Å². The summed E-state index contributed by atoms with van der Waals surface area (Å²) in [7, 11) is 0. The molecule has 12 rings (SSSR count). The van der Waals surface area contributed by atoms with Gasteiger partial charge in [-0.2, -0.15) is 0 Å². The molecule has 0 saturated heterocycles. The van der Waals surface area contributed by atoms with Crippen LogP contribution < -0.4 is 0 Å². The number of hydrogen-bond acceptors (Lipinski definition) is 0. The zero-order chi connectivity index (χ0) is 35.3. The molecule has 0 unspecified atom stereocenters. The third-order valence-corrected chi connectivity index (χ3v) is 12.0. The largest absolute Gasteiger partial charge is 0.0622 e. The second-order valence-electron chi connectivity index (χ2n) is 14.7. The smallest absolute Gasteiger partial charge is 0.00204 e. The molecule has 248 valence electrons. The first kappa shape index (κ1) is 29.5. The molecule has 0 aliphatic rings. The lowest BCUT2D eigenvalue weighted by Gasteiger charge is -2.21. The third-order valence-electron chi connectivity index (χ3n) is 12.0. The van der Waals surface area contributed by atoms with Gasteiger partial charge in [0.1, 0.15) is 0 Å². The van der Waals surface area contributed by atoms with Crippen molar-refractivity contribution in [3.05, 3.63) is 194 Å². The average Bonchev–Trinajstić information content (AvgIpc) is 3.24. The van der Waals surface area contributed by atoms with Gasteiger partial charge >= 0.3 is 0 Å². The minimum atomic E-state index is 1.21. The molecule has 0 aliphatic heterocycles. The summed E-state index contributed by atoms with van der Waals surface area (Å²) in [6.07, 6.45) is 0. The van der Waals surface area contributed by atoms with Crippen molar-refractivity contribution >= 4 is 75.4 Å². The molecule has 0 fully saturated rings. The fraction of sp³-hybridized carbons (Fsp3) is 0. The Labute approximate surface area is 312 Å². The second kappa shape index (κ2) is 11.2. The highest BCUT2D eigenvalue weighted by atomic mass is 14.2. The van der Waals surface area contributed by atoms with Crippen molar-refractivity contribution in [3.8, 4) is 44.5 Å². The molecule has 0 saturated carbocycles. The molecule has 0 spiro atoms. The zero-order valence-corrected chi connectivity index (χ0v) is 29.5. The van der Waals surface area contributed by atoms with Gasteiger partial charge in [0.15, 0.2) is 0 Å². The van der Waals surface area contributed by atoms with E-state index < -0.39 is 0 Å². The van der Waals surface area contributed by atoms with Gasteiger partial charge in [0.2, 0.25) is 0 Å². The molecule has 0 radical (unpaired) electrons. The van der Waals surface area contributed by atoms with Crippen LogP contribution in [0.3, 0.4) is 0 Å². The summed E-state index contributed by atoms with van der Waals surface area (Å²) in [5.74, 6) is 0. The number of rotatable bonds is 4.